The Bertz CT molecular complexity index is 734. The number of nitrogens with zero attached hydrogens (tertiary/aromatic N) is 1. The van der Waals surface area contributed by atoms with Crippen molar-refractivity contribution >= 4 is 27.5 Å². The number of carbonyl (C=O) groups excluding carboxylic acids is 1. The molecule has 2 N–H and O–H groups in total. The van der Waals surface area contributed by atoms with Crippen molar-refractivity contribution in [2.75, 3.05) is 0 Å². The summed E-state index contributed by atoms with van der Waals surface area (Å²) in [6, 6.07) is 13.8. The minimum atomic E-state index is -0.495. The third-order valence-corrected chi connectivity index (χ3v) is 2.90. The molecule has 3 rings (SSSR count). The lowest BCUT2D eigenvalue weighted by Crippen LogP contribution is -2.13. The van der Waals surface area contributed by atoms with Crippen molar-refractivity contribution in [3.63, 3.8) is 0 Å². The second kappa shape index (κ2) is 3.56. The van der Waals surface area contributed by atoms with Crippen molar-refractivity contribution in [1.82, 2.24) is 4.98 Å². The molecular weight excluding hydrogens is 212 g/mol. The van der Waals surface area contributed by atoms with E-state index in [1.165, 1.54) is 0 Å². The molecule has 0 spiro atoms. The first-order valence-corrected chi connectivity index (χ1v) is 5.33. The van der Waals surface area contributed by atoms with Gasteiger partial charge in [0.25, 0.3) is 5.91 Å². The van der Waals surface area contributed by atoms with Crippen molar-refractivity contribution < 1.29 is 4.79 Å². The summed E-state index contributed by atoms with van der Waals surface area (Å²) in [4.78, 5) is 15.3. The van der Waals surface area contributed by atoms with Crippen molar-refractivity contribution in [3.8, 4) is 0 Å². The minimum Gasteiger partial charge on any atom is -0.364 e. The molecule has 3 aromatic rings. The third-order valence-electron chi connectivity index (χ3n) is 2.90. The van der Waals surface area contributed by atoms with Gasteiger partial charge in [0.15, 0.2) is 0 Å². The highest BCUT2D eigenvalue weighted by Crippen LogP contribution is 2.26. The van der Waals surface area contributed by atoms with Gasteiger partial charge >= 0.3 is 0 Å². The largest absolute Gasteiger partial charge is 0.364 e. The molecule has 0 aliphatic heterocycles. The van der Waals surface area contributed by atoms with E-state index < -0.39 is 5.91 Å². The number of benzene rings is 2. The lowest BCUT2D eigenvalue weighted by molar-refractivity contribution is 0.0997. The summed E-state index contributed by atoms with van der Waals surface area (Å²) in [6.45, 7) is 0. The Balaban J connectivity index is 2.52. The Morgan fingerprint density at radius 2 is 1.76 bits per heavy atom. The number of rotatable bonds is 1. The molecule has 0 atom stereocenters. The van der Waals surface area contributed by atoms with Crippen molar-refractivity contribution in [2.45, 2.75) is 0 Å². The molecule has 0 saturated heterocycles. The molecule has 0 saturated carbocycles. The van der Waals surface area contributed by atoms with Gasteiger partial charge in [-0.1, -0.05) is 36.4 Å². The van der Waals surface area contributed by atoms with E-state index in [2.05, 4.69) is 4.98 Å². The lowest BCUT2D eigenvalue weighted by atomic mass is 10.0. The van der Waals surface area contributed by atoms with E-state index >= 15 is 0 Å². The van der Waals surface area contributed by atoms with Gasteiger partial charge in [0.1, 0.15) is 5.69 Å². The number of pyridine rings is 1. The van der Waals surface area contributed by atoms with Crippen LogP contribution in [0.5, 0.6) is 0 Å². The van der Waals surface area contributed by atoms with Gasteiger partial charge in [-0.25, -0.2) is 0 Å². The fourth-order valence-electron chi connectivity index (χ4n) is 2.13. The SMILES string of the molecule is NC(=O)c1nccc2c1ccc1ccccc12. The van der Waals surface area contributed by atoms with Crippen LogP contribution in [-0.2, 0) is 0 Å². The molecule has 0 bridgehead atoms. The molecule has 0 aliphatic carbocycles. The average molecular weight is 222 g/mol. The highest BCUT2D eigenvalue weighted by Gasteiger charge is 2.09. The molecule has 0 unspecified atom stereocenters. The van der Waals surface area contributed by atoms with Crippen LogP contribution in [0.3, 0.4) is 0 Å². The Labute approximate surface area is 97.9 Å². The second-order valence-corrected chi connectivity index (χ2v) is 3.91. The molecule has 82 valence electrons. The number of carbonyl (C=O) groups is 1. The molecule has 17 heavy (non-hydrogen) atoms. The summed E-state index contributed by atoms with van der Waals surface area (Å²) in [7, 11) is 0. The van der Waals surface area contributed by atoms with Gasteiger partial charge in [-0.3, -0.25) is 9.78 Å². The van der Waals surface area contributed by atoms with Crippen LogP contribution in [0.15, 0.2) is 48.7 Å². The van der Waals surface area contributed by atoms with Gasteiger partial charge in [-0.15, -0.1) is 0 Å². The van der Waals surface area contributed by atoms with Crippen LogP contribution in [-0.4, -0.2) is 10.9 Å². The van der Waals surface area contributed by atoms with E-state index in [-0.39, 0.29) is 0 Å². The normalized spacial score (nSPS) is 10.8. The maximum absolute atomic E-state index is 11.3. The maximum Gasteiger partial charge on any atom is 0.267 e. The Morgan fingerprint density at radius 1 is 0.941 bits per heavy atom. The predicted molar refractivity (Wildman–Crippen MR) is 67.8 cm³/mol. The number of primary amides is 1. The lowest BCUT2D eigenvalue weighted by Gasteiger charge is -2.05. The summed E-state index contributed by atoms with van der Waals surface area (Å²) < 4.78 is 0. The van der Waals surface area contributed by atoms with E-state index in [1.54, 1.807) is 6.20 Å². The summed E-state index contributed by atoms with van der Waals surface area (Å²) >= 11 is 0. The summed E-state index contributed by atoms with van der Waals surface area (Å²) in [5.74, 6) is -0.495. The van der Waals surface area contributed by atoms with Gasteiger partial charge in [0.05, 0.1) is 0 Å². The van der Waals surface area contributed by atoms with E-state index in [1.807, 2.05) is 42.5 Å². The van der Waals surface area contributed by atoms with Gasteiger partial charge in [-0.2, -0.15) is 0 Å². The number of aromatic nitrogens is 1. The number of hydrogen-bond donors (Lipinski definition) is 1. The second-order valence-electron chi connectivity index (χ2n) is 3.91. The first kappa shape index (κ1) is 9.78. The Kier molecular flexibility index (Phi) is 2.05. The fourth-order valence-corrected chi connectivity index (χ4v) is 2.13. The zero-order chi connectivity index (χ0) is 11.8. The standard InChI is InChI=1S/C14H10N2O/c15-14(17)13-12-6-5-9-3-1-2-4-10(9)11(12)7-8-16-13/h1-8H,(H2,15,17). The predicted octanol–water partition coefficient (Wildman–Crippen LogP) is 2.49. The number of nitrogens with two attached hydrogens (primary N) is 1. The quantitative estimate of drug-likeness (QED) is 0.643. The number of amides is 1. The molecule has 1 aromatic heterocycles. The van der Waals surface area contributed by atoms with E-state index in [0.717, 1.165) is 21.5 Å². The van der Waals surface area contributed by atoms with Crippen LogP contribution in [0.4, 0.5) is 0 Å². The van der Waals surface area contributed by atoms with Crippen LogP contribution >= 0.6 is 0 Å². The van der Waals surface area contributed by atoms with Gasteiger partial charge in [0.2, 0.25) is 0 Å². The molecule has 0 fully saturated rings. The van der Waals surface area contributed by atoms with E-state index in [0.29, 0.717) is 5.69 Å². The first-order valence-electron chi connectivity index (χ1n) is 5.33. The molecule has 1 heterocycles. The average Bonchev–Trinajstić information content (AvgIpc) is 2.37. The van der Waals surface area contributed by atoms with Crippen LogP contribution in [0, 0.1) is 0 Å². The molecule has 2 aromatic carbocycles. The van der Waals surface area contributed by atoms with Gasteiger partial charge < -0.3 is 5.73 Å². The molecule has 0 radical (unpaired) electrons. The topological polar surface area (TPSA) is 56.0 Å². The monoisotopic (exact) mass is 222 g/mol. The van der Waals surface area contributed by atoms with Crippen LogP contribution in [0.2, 0.25) is 0 Å². The third kappa shape index (κ3) is 1.44. The van der Waals surface area contributed by atoms with Crippen molar-refractivity contribution in [2.24, 2.45) is 5.73 Å². The molecular formula is C14H10N2O. The van der Waals surface area contributed by atoms with Gasteiger partial charge in [-0.05, 0) is 22.2 Å². The smallest absolute Gasteiger partial charge is 0.267 e. The Hall–Kier alpha value is -2.42. The fraction of sp³-hybridized carbons (Fsp3) is 0. The van der Waals surface area contributed by atoms with Crippen molar-refractivity contribution in [3.05, 3.63) is 54.4 Å². The Morgan fingerprint density at radius 3 is 2.59 bits per heavy atom. The van der Waals surface area contributed by atoms with Crippen LogP contribution < -0.4 is 5.73 Å². The summed E-state index contributed by atoms with van der Waals surface area (Å²) in [6.07, 6.45) is 1.62. The van der Waals surface area contributed by atoms with E-state index in [4.69, 9.17) is 5.73 Å². The van der Waals surface area contributed by atoms with Crippen LogP contribution in [0.1, 0.15) is 10.5 Å². The molecule has 1 amide bonds. The van der Waals surface area contributed by atoms with Gasteiger partial charge in [0, 0.05) is 11.6 Å². The van der Waals surface area contributed by atoms with E-state index in [9.17, 15) is 4.79 Å². The molecule has 3 nitrogen and oxygen atoms in total. The highest BCUT2D eigenvalue weighted by molar-refractivity contribution is 6.13. The minimum absolute atomic E-state index is 0.327. The zero-order valence-corrected chi connectivity index (χ0v) is 9.05. The summed E-state index contributed by atoms with van der Waals surface area (Å²) in [5.41, 5.74) is 5.65. The highest BCUT2D eigenvalue weighted by atomic mass is 16.1. The number of fused-ring (bicyclic) bond motifs is 3. The summed E-state index contributed by atoms with van der Waals surface area (Å²) in [5, 5.41) is 4.06. The first-order chi connectivity index (χ1) is 8.27. The maximum atomic E-state index is 11.3. The number of hydrogen-bond acceptors (Lipinski definition) is 2. The zero-order valence-electron chi connectivity index (χ0n) is 9.05. The molecule has 3 heteroatoms. The van der Waals surface area contributed by atoms with Crippen LogP contribution in [0.25, 0.3) is 21.5 Å². The molecule has 0 aliphatic rings. The van der Waals surface area contributed by atoms with Crippen molar-refractivity contribution in [1.29, 1.82) is 0 Å².